The number of unbranched alkanes of at least 4 members (excludes halogenated alkanes) is 1. The molecule has 72 valence electrons. The lowest BCUT2D eigenvalue weighted by atomic mass is 9.99. The van der Waals surface area contributed by atoms with Gasteiger partial charge in [0, 0.05) is 6.54 Å². The van der Waals surface area contributed by atoms with Crippen molar-refractivity contribution in [3.05, 3.63) is 12.7 Å². The zero-order valence-electron chi connectivity index (χ0n) is 8.21. The van der Waals surface area contributed by atoms with E-state index in [0.717, 1.165) is 25.9 Å². The number of nitriles is 1. The summed E-state index contributed by atoms with van der Waals surface area (Å²) >= 11 is 0. The molecule has 0 aliphatic carbocycles. The van der Waals surface area contributed by atoms with Crippen molar-refractivity contribution in [3.8, 4) is 6.07 Å². The maximum atomic E-state index is 8.79. The van der Waals surface area contributed by atoms with Crippen molar-refractivity contribution in [2.75, 3.05) is 19.6 Å². The number of allylic oxidation sites excluding steroid dienone is 1. The molecule has 0 bridgehead atoms. The predicted octanol–water partition coefficient (Wildman–Crippen LogP) is 2.19. The molecule has 0 aromatic carbocycles. The van der Waals surface area contributed by atoms with E-state index in [0.29, 0.717) is 0 Å². The Kier molecular flexibility index (Phi) is 4.56. The molecule has 1 fully saturated rings. The van der Waals surface area contributed by atoms with Gasteiger partial charge < -0.3 is 4.90 Å². The van der Waals surface area contributed by atoms with Crippen LogP contribution in [-0.4, -0.2) is 24.5 Å². The third kappa shape index (κ3) is 3.61. The molecule has 1 atom stereocenters. The lowest BCUT2D eigenvalue weighted by Gasteiger charge is -2.29. The highest BCUT2D eigenvalue weighted by Gasteiger charge is 2.18. The Morgan fingerprint density at radius 1 is 1.62 bits per heavy atom. The van der Waals surface area contributed by atoms with Crippen molar-refractivity contribution < 1.29 is 0 Å². The molecule has 1 aliphatic heterocycles. The van der Waals surface area contributed by atoms with E-state index in [4.69, 9.17) is 5.26 Å². The molecule has 1 heterocycles. The van der Waals surface area contributed by atoms with Crippen molar-refractivity contribution in [1.82, 2.24) is 4.90 Å². The summed E-state index contributed by atoms with van der Waals surface area (Å²) in [7, 11) is 0. The standard InChI is InChI=1S/C11H18N2/c1-2-3-4-7-13-8-5-6-11(9-12)10-13/h2,11H,1,3-8,10H2. The molecule has 0 amide bonds. The third-order valence-electron chi connectivity index (χ3n) is 2.57. The number of hydrogen-bond acceptors (Lipinski definition) is 2. The molecule has 0 aromatic heterocycles. The van der Waals surface area contributed by atoms with Gasteiger partial charge in [0.25, 0.3) is 0 Å². The third-order valence-corrected chi connectivity index (χ3v) is 2.57. The van der Waals surface area contributed by atoms with Gasteiger partial charge in [0.2, 0.25) is 0 Å². The molecule has 13 heavy (non-hydrogen) atoms. The monoisotopic (exact) mass is 178 g/mol. The summed E-state index contributed by atoms with van der Waals surface area (Å²) in [5.41, 5.74) is 0. The van der Waals surface area contributed by atoms with Gasteiger partial charge in [0.1, 0.15) is 0 Å². The van der Waals surface area contributed by atoms with Crippen LogP contribution in [0.3, 0.4) is 0 Å². The molecule has 1 rings (SSSR count). The Bertz CT molecular complexity index is 193. The number of likely N-dealkylation sites (tertiary alicyclic amines) is 1. The Labute approximate surface area is 80.8 Å². The fourth-order valence-corrected chi connectivity index (χ4v) is 1.82. The summed E-state index contributed by atoms with van der Waals surface area (Å²) in [6.07, 6.45) is 6.52. The smallest absolute Gasteiger partial charge is 0.0669 e. The van der Waals surface area contributed by atoms with Gasteiger partial charge in [0.05, 0.1) is 12.0 Å². The van der Waals surface area contributed by atoms with Crippen molar-refractivity contribution in [2.45, 2.75) is 25.7 Å². The Balaban J connectivity index is 2.19. The van der Waals surface area contributed by atoms with Crippen LogP contribution < -0.4 is 0 Å². The minimum Gasteiger partial charge on any atom is -0.302 e. The van der Waals surface area contributed by atoms with E-state index in [1.807, 2.05) is 6.08 Å². The lowest BCUT2D eigenvalue weighted by molar-refractivity contribution is 0.198. The van der Waals surface area contributed by atoms with Gasteiger partial charge in [-0.15, -0.1) is 6.58 Å². The topological polar surface area (TPSA) is 27.0 Å². The summed E-state index contributed by atoms with van der Waals surface area (Å²) in [6.45, 7) is 6.99. The number of nitrogens with zero attached hydrogens (tertiary/aromatic N) is 2. The fourth-order valence-electron chi connectivity index (χ4n) is 1.82. The summed E-state index contributed by atoms with van der Waals surface area (Å²) in [5.74, 6) is 0.275. The van der Waals surface area contributed by atoms with Crippen LogP contribution in [0.1, 0.15) is 25.7 Å². The first kappa shape index (κ1) is 10.3. The number of piperidine rings is 1. The summed E-state index contributed by atoms with van der Waals surface area (Å²) in [5, 5.41) is 8.79. The van der Waals surface area contributed by atoms with E-state index in [9.17, 15) is 0 Å². The molecule has 0 N–H and O–H groups in total. The van der Waals surface area contributed by atoms with Crippen LogP contribution in [0.2, 0.25) is 0 Å². The average molecular weight is 178 g/mol. The van der Waals surface area contributed by atoms with E-state index in [1.54, 1.807) is 0 Å². The second-order valence-electron chi connectivity index (χ2n) is 3.70. The molecule has 1 saturated heterocycles. The predicted molar refractivity (Wildman–Crippen MR) is 54.2 cm³/mol. The van der Waals surface area contributed by atoms with E-state index >= 15 is 0 Å². The maximum Gasteiger partial charge on any atom is 0.0669 e. The minimum absolute atomic E-state index is 0.275. The van der Waals surface area contributed by atoms with Gasteiger partial charge in [-0.05, 0) is 38.8 Å². The normalized spacial score (nSPS) is 23.8. The minimum atomic E-state index is 0.275. The first-order chi connectivity index (χ1) is 6.36. The maximum absolute atomic E-state index is 8.79. The lowest BCUT2D eigenvalue weighted by Crippen LogP contribution is -2.35. The van der Waals surface area contributed by atoms with Gasteiger partial charge in [-0.1, -0.05) is 6.08 Å². The second-order valence-corrected chi connectivity index (χ2v) is 3.70. The van der Waals surface area contributed by atoms with Crippen LogP contribution in [0.25, 0.3) is 0 Å². The first-order valence-corrected chi connectivity index (χ1v) is 5.09. The summed E-state index contributed by atoms with van der Waals surface area (Å²) in [6, 6.07) is 2.36. The van der Waals surface area contributed by atoms with Crippen LogP contribution in [-0.2, 0) is 0 Å². The van der Waals surface area contributed by atoms with Crippen molar-refractivity contribution in [1.29, 1.82) is 5.26 Å². The van der Waals surface area contributed by atoms with Gasteiger partial charge in [-0.3, -0.25) is 0 Å². The Morgan fingerprint density at radius 2 is 2.46 bits per heavy atom. The molecule has 0 spiro atoms. The van der Waals surface area contributed by atoms with Gasteiger partial charge >= 0.3 is 0 Å². The second kappa shape index (κ2) is 5.77. The fraction of sp³-hybridized carbons (Fsp3) is 0.727. The van der Waals surface area contributed by atoms with Gasteiger partial charge in [-0.25, -0.2) is 0 Å². The molecule has 0 aromatic rings. The van der Waals surface area contributed by atoms with Crippen molar-refractivity contribution >= 4 is 0 Å². The zero-order chi connectivity index (χ0) is 9.52. The number of hydrogen-bond donors (Lipinski definition) is 0. The molecule has 0 saturated carbocycles. The Hall–Kier alpha value is -0.810. The molecule has 2 heteroatoms. The summed E-state index contributed by atoms with van der Waals surface area (Å²) < 4.78 is 0. The van der Waals surface area contributed by atoms with E-state index < -0.39 is 0 Å². The van der Waals surface area contributed by atoms with Crippen LogP contribution >= 0.6 is 0 Å². The van der Waals surface area contributed by atoms with E-state index in [-0.39, 0.29) is 5.92 Å². The SMILES string of the molecule is C=CCCCN1CCCC(C#N)C1. The largest absolute Gasteiger partial charge is 0.302 e. The van der Waals surface area contributed by atoms with Crippen LogP contribution in [0.5, 0.6) is 0 Å². The van der Waals surface area contributed by atoms with Crippen LogP contribution in [0, 0.1) is 17.2 Å². The van der Waals surface area contributed by atoms with Crippen LogP contribution in [0.4, 0.5) is 0 Å². The molecule has 0 radical (unpaired) electrons. The Morgan fingerprint density at radius 3 is 3.15 bits per heavy atom. The molecule has 2 nitrogen and oxygen atoms in total. The quantitative estimate of drug-likeness (QED) is 0.487. The number of rotatable bonds is 4. The molecule has 1 unspecified atom stereocenters. The van der Waals surface area contributed by atoms with Crippen molar-refractivity contribution in [2.24, 2.45) is 5.92 Å². The van der Waals surface area contributed by atoms with Gasteiger partial charge in [0.15, 0.2) is 0 Å². The van der Waals surface area contributed by atoms with Gasteiger partial charge in [-0.2, -0.15) is 5.26 Å². The van der Waals surface area contributed by atoms with E-state index in [2.05, 4.69) is 17.5 Å². The molecular weight excluding hydrogens is 160 g/mol. The van der Waals surface area contributed by atoms with Crippen LogP contribution in [0.15, 0.2) is 12.7 Å². The van der Waals surface area contributed by atoms with Crippen molar-refractivity contribution in [3.63, 3.8) is 0 Å². The highest BCUT2D eigenvalue weighted by molar-refractivity contribution is 4.88. The summed E-state index contributed by atoms with van der Waals surface area (Å²) in [4.78, 5) is 2.40. The molecular formula is C11H18N2. The first-order valence-electron chi connectivity index (χ1n) is 5.09. The zero-order valence-corrected chi connectivity index (χ0v) is 8.21. The molecule has 1 aliphatic rings. The van der Waals surface area contributed by atoms with E-state index in [1.165, 1.54) is 19.4 Å². The average Bonchev–Trinajstić information content (AvgIpc) is 2.19. The highest BCUT2D eigenvalue weighted by Crippen LogP contribution is 2.15. The highest BCUT2D eigenvalue weighted by atomic mass is 15.1.